The predicted octanol–water partition coefficient (Wildman–Crippen LogP) is 30.4. The lowest BCUT2D eigenvalue weighted by Crippen LogP contribution is -1.87. The highest BCUT2D eigenvalue weighted by Gasteiger charge is 2.26. The zero-order valence-corrected chi connectivity index (χ0v) is 62.9. The fourth-order valence-corrected chi connectivity index (χ4v) is 21.3. The van der Waals surface area contributed by atoms with Crippen LogP contribution in [-0.4, -0.2) is 0 Å². The van der Waals surface area contributed by atoms with Gasteiger partial charge in [-0.3, -0.25) is 0 Å². The van der Waals surface area contributed by atoms with Crippen molar-refractivity contribution in [2.45, 2.75) is 244 Å². The van der Waals surface area contributed by atoms with E-state index in [-0.39, 0.29) is 0 Å². The fraction of sp³-hybridized carbons (Fsp3) is 0.429. The summed E-state index contributed by atoms with van der Waals surface area (Å²) in [5.41, 5.74) is 17.0. The minimum absolute atomic E-state index is 0.997. The van der Waals surface area contributed by atoms with Gasteiger partial charge in [0.2, 0.25) is 0 Å². The van der Waals surface area contributed by atoms with Gasteiger partial charge in [-0.05, 0) is 204 Å². The number of rotatable bonds is 39. The highest BCUT2D eigenvalue weighted by molar-refractivity contribution is 7.80. The molecule has 0 unspecified atom stereocenters. The Kier molecular flexibility index (Phi) is 28.2. The van der Waals surface area contributed by atoms with Crippen LogP contribution in [0.1, 0.15) is 229 Å². The molecule has 0 aliphatic heterocycles. The van der Waals surface area contributed by atoms with Crippen molar-refractivity contribution >= 4 is 93.3 Å². The maximum absolute atomic E-state index is 4.58. The molecule has 0 fully saturated rings. The van der Waals surface area contributed by atoms with Gasteiger partial charge in [-0.1, -0.05) is 230 Å². The third-order valence-electron chi connectivity index (χ3n) is 18.5. The molecular weight excluding hydrogens is 1270 g/mol. The first kappa shape index (κ1) is 70.6. The molecule has 10 aromatic rings. The van der Waals surface area contributed by atoms with E-state index in [0.717, 1.165) is 48.3 Å². The number of hydrogen-bond donors (Lipinski definition) is 2. The molecule has 4 aromatic carbocycles. The van der Waals surface area contributed by atoms with E-state index in [4.69, 9.17) is 0 Å². The van der Waals surface area contributed by atoms with Crippen molar-refractivity contribution in [2.75, 3.05) is 0 Å². The van der Waals surface area contributed by atoms with Crippen LogP contribution < -0.4 is 0 Å². The van der Waals surface area contributed by atoms with E-state index in [2.05, 4.69) is 257 Å². The average molecular weight is 1370 g/mol. The van der Waals surface area contributed by atoms with E-state index in [0.29, 0.717) is 0 Å². The van der Waals surface area contributed by atoms with Gasteiger partial charge in [-0.2, -0.15) is 0 Å². The summed E-state index contributed by atoms with van der Waals surface area (Å²) in [5, 5.41) is 0. The zero-order chi connectivity index (χ0) is 64.0. The normalized spacial score (nSPS) is 11.7. The number of benzene rings is 4. The molecule has 92 heavy (non-hydrogen) atoms. The summed E-state index contributed by atoms with van der Waals surface area (Å²) in [6.45, 7) is 14.1. The molecule has 0 radical (unpaired) electrons. The highest BCUT2D eigenvalue weighted by atomic mass is 32.1. The van der Waals surface area contributed by atoms with Gasteiger partial charge in [-0.25, -0.2) is 0 Å². The largest absolute Gasteiger partial charge is 0.143 e. The van der Waals surface area contributed by atoms with E-state index in [1.165, 1.54) is 257 Å². The first-order valence-corrected chi connectivity index (χ1v) is 41.6. The number of unbranched alkanes of at least 4 members (excludes halogenated alkanes) is 18. The number of thiophene rings is 6. The van der Waals surface area contributed by atoms with Gasteiger partial charge in [0.05, 0.1) is 0 Å². The molecule has 8 heteroatoms. The van der Waals surface area contributed by atoms with Crippen LogP contribution in [0.4, 0.5) is 0 Å². The van der Waals surface area contributed by atoms with Crippen molar-refractivity contribution in [3.8, 4) is 91.9 Å². The van der Waals surface area contributed by atoms with Crippen LogP contribution >= 0.6 is 93.3 Å². The lowest BCUT2D eigenvalue weighted by molar-refractivity contribution is 0.667. The summed E-state index contributed by atoms with van der Waals surface area (Å²) in [7, 11) is 0. The monoisotopic (exact) mass is 1370 g/mol. The minimum Gasteiger partial charge on any atom is -0.143 e. The first-order chi connectivity index (χ1) is 45.2. The Morgan fingerprint density at radius 1 is 0.207 bits per heavy atom. The molecule has 0 N–H and O–H groups in total. The molecule has 0 amide bonds. The van der Waals surface area contributed by atoms with Crippen LogP contribution in [0, 0.1) is 0 Å². The second kappa shape index (κ2) is 36.8. The van der Waals surface area contributed by atoms with E-state index in [1.54, 1.807) is 22.3 Å². The minimum atomic E-state index is 0.997. The zero-order valence-electron chi connectivity index (χ0n) is 56.3. The standard InChI is InChI=1S/C84H102S8/c1-7-13-19-25-31-65-54-74(88-79(65)64-43-39-60(40-44-64)62-47-51-72(86)52-48-62)81-67(33-27-21-15-9-3)56-76(90-81)83-69(35-29-23-17-11-5)58-78(92-83)84-70(36-30-24-18-12-6)57-77(91-84)82-68(34-28-22-16-10-4)55-75(89-82)80-66(32-26-20-14-8-2)53-73(87-80)63-41-37-59(38-42-63)61-45-49-71(85)50-46-61/h37-58,85-86H,7-36H2,1-6H3. The molecule has 0 nitrogen and oxygen atoms in total. The summed E-state index contributed by atoms with van der Waals surface area (Å²) in [5.74, 6) is 0. The van der Waals surface area contributed by atoms with Crippen molar-refractivity contribution in [3.63, 3.8) is 0 Å². The van der Waals surface area contributed by atoms with E-state index >= 15 is 0 Å². The van der Waals surface area contributed by atoms with Crippen LogP contribution in [-0.2, 0) is 38.5 Å². The molecule has 0 saturated heterocycles. The molecule has 6 heterocycles. The SMILES string of the molecule is CCCCCCc1cc(-c2sc(-c3sc(-c4sc(-c5sc(-c6sc(-c7ccc(-c8ccc(S)cc8)cc7)cc6CCCCCC)cc5CCCCCC)cc4CCCCCC)cc3CCCCCC)cc2CCCCCC)sc1-c1ccc(-c2ccc(S)cc2)cc1. The van der Waals surface area contributed by atoms with Crippen molar-refractivity contribution in [1.82, 2.24) is 0 Å². The van der Waals surface area contributed by atoms with Gasteiger partial charge in [0.1, 0.15) is 0 Å². The second-order valence-electron chi connectivity index (χ2n) is 25.9. The Morgan fingerprint density at radius 3 is 0.663 bits per heavy atom. The van der Waals surface area contributed by atoms with Crippen molar-refractivity contribution in [3.05, 3.63) is 167 Å². The quantitative estimate of drug-likeness (QED) is 0.0278. The van der Waals surface area contributed by atoms with Gasteiger partial charge < -0.3 is 0 Å². The lowest BCUT2D eigenvalue weighted by Gasteiger charge is -2.07. The highest BCUT2D eigenvalue weighted by Crippen LogP contribution is 2.53. The van der Waals surface area contributed by atoms with Crippen LogP contribution in [0.3, 0.4) is 0 Å². The molecule has 486 valence electrons. The van der Waals surface area contributed by atoms with Gasteiger partial charge in [-0.15, -0.1) is 93.3 Å². The number of thiol groups is 2. The smallest absolute Gasteiger partial charge is 0.0481 e. The van der Waals surface area contributed by atoms with Gasteiger partial charge in [0.25, 0.3) is 0 Å². The van der Waals surface area contributed by atoms with Gasteiger partial charge in [0.15, 0.2) is 0 Å². The van der Waals surface area contributed by atoms with Crippen LogP contribution in [0.25, 0.3) is 91.9 Å². The molecular formula is C84H102S8. The molecule has 0 saturated carbocycles. The Balaban J connectivity index is 1.05. The van der Waals surface area contributed by atoms with E-state index in [1.807, 2.05) is 11.3 Å². The fourth-order valence-electron chi connectivity index (χ4n) is 13.1. The molecule has 0 aliphatic rings. The Labute approximate surface area is 590 Å². The van der Waals surface area contributed by atoms with E-state index in [9.17, 15) is 0 Å². The lowest BCUT2D eigenvalue weighted by atomic mass is 10.00. The number of hydrogen-bond acceptors (Lipinski definition) is 8. The second-order valence-corrected chi connectivity index (χ2v) is 33.2. The third kappa shape index (κ3) is 19.1. The van der Waals surface area contributed by atoms with Crippen LogP contribution in [0.5, 0.6) is 0 Å². The molecule has 0 bridgehead atoms. The Morgan fingerprint density at radius 2 is 0.402 bits per heavy atom. The maximum Gasteiger partial charge on any atom is 0.0481 e. The first-order valence-electron chi connectivity index (χ1n) is 35.8. The molecule has 0 aliphatic carbocycles. The summed E-state index contributed by atoms with van der Waals surface area (Å²) in [6, 6.07) is 51.8. The molecule has 0 atom stereocenters. The maximum atomic E-state index is 4.58. The third-order valence-corrected chi connectivity index (χ3v) is 27.1. The predicted molar refractivity (Wildman–Crippen MR) is 424 cm³/mol. The van der Waals surface area contributed by atoms with E-state index < -0.39 is 0 Å². The van der Waals surface area contributed by atoms with Gasteiger partial charge >= 0.3 is 0 Å². The molecule has 0 spiro atoms. The van der Waals surface area contributed by atoms with Crippen LogP contribution in [0.15, 0.2) is 143 Å². The molecule has 6 aromatic heterocycles. The summed E-state index contributed by atoms with van der Waals surface area (Å²) < 4.78 is 0. The summed E-state index contributed by atoms with van der Waals surface area (Å²) >= 11 is 21.7. The number of aryl methyl sites for hydroxylation is 6. The van der Waals surface area contributed by atoms with Crippen LogP contribution in [0.2, 0.25) is 0 Å². The topological polar surface area (TPSA) is 0 Å². The Hall–Kier alpha value is -4.22. The van der Waals surface area contributed by atoms with Crippen molar-refractivity contribution in [2.24, 2.45) is 0 Å². The average Bonchev–Trinajstić information content (AvgIpc) is 1.71. The summed E-state index contributed by atoms with van der Waals surface area (Å²) in [6.07, 6.45) is 37.4. The Bertz CT molecular complexity index is 3790. The molecule has 10 rings (SSSR count). The van der Waals surface area contributed by atoms with Crippen molar-refractivity contribution in [1.29, 1.82) is 0 Å². The van der Waals surface area contributed by atoms with Crippen molar-refractivity contribution < 1.29 is 0 Å². The summed E-state index contributed by atoms with van der Waals surface area (Å²) in [4.78, 5) is 19.8. The van der Waals surface area contributed by atoms with Gasteiger partial charge in [0, 0.05) is 68.3 Å².